The van der Waals surface area contributed by atoms with E-state index in [1.54, 1.807) is 35.0 Å². The third-order valence-corrected chi connectivity index (χ3v) is 3.76. The van der Waals surface area contributed by atoms with Gasteiger partial charge in [-0.25, -0.2) is 0 Å². The normalized spacial score (nSPS) is 18.0. The fourth-order valence-corrected chi connectivity index (χ4v) is 2.64. The van der Waals surface area contributed by atoms with E-state index in [2.05, 4.69) is 9.84 Å². The molecule has 1 aromatic heterocycles. The molecule has 0 unspecified atom stereocenters. The molecule has 24 heavy (non-hydrogen) atoms. The molecule has 1 aliphatic rings. The lowest BCUT2D eigenvalue weighted by Crippen LogP contribution is -2.42. The van der Waals surface area contributed by atoms with Gasteiger partial charge in [-0.3, -0.25) is 9.48 Å². The van der Waals surface area contributed by atoms with Gasteiger partial charge in [0.05, 0.1) is 24.9 Å². The van der Waals surface area contributed by atoms with Gasteiger partial charge in [0.2, 0.25) is 0 Å². The van der Waals surface area contributed by atoms with Crippen LogP contribution >= 0.6 is 0 Å². The lowest BCUT2D eigenvalue weighted by molar-refractivity contribution is -0.0504. The number of aromatic nitrogens is 2. The molecular weight excluding hydrogens is 320 g/mol. The van der Waals surface area contributed by atoms with Crippen molar-refractivity contribution >= 4 is 5.91 Å². The first-order chi connectivity index (χ1) is 11.5. The molecule has 1 aromatic carbocycles. The summed E-state index contributed by atoms with van der Waals surface area (Å²) in [7, 11) is 1.74. The van der Waals surface area contributed by atoms with Gasteiger partial charge in [0.1, 0.15) is 11.9 Å². The van der Waals surface area contributed by atoms with Gasteiger partial charge < -0.3 is 14.4 Å². The second kappa shape index (κ2) is 6.96. The van der Waals surface area contributed by atoms with Crippen LogP contribution in [0.5, 0.6) is 5.75 Å². The van der Waals surface area contributed by atoms with Gasteiger partial charge in [0.15, 0.2) is 0 Å². The number of amides is 1. The zero-order valence-corrected chi connectivity index (χ0v) is 13.1. The molecule has 8 heteroatoms. The predicted octanol–water partition coefficient (Wildman–Crippen LogP) is 2.24. The van der Waals surface area contributed by atoms with Crippen LogP contribution in [0.1, 0.15) is 22.0 Å². The Balaban J connectivity index is 1.72. The van der Waals surface area contributed by atoms with Gasteiger partial charge in [-0.05, 0) is 17.7 Å². The smallest absolute Gasteiger partial charge is 0.387 e. The molecule has 3 rings (SSSR count). The molecule has 2 heterocycles. The fraction of sp³-hybridized carbons (Fsp3) is 0.375. The maximum Gasteiger partial charge on any atom is 0.387 e. The number of aryl methyl sites for hydroxylation is 1. The van der Waals surface area contributed by atoms with Crippen LogP contribution in [0.2, 0.25) is 0 Å². The van der Waals surface area contributed by atoms with E-state index in [4.69, 9.17) is 4.74 Å². The largest absolute Gasteiger partial charge is 0.435 e. The van der Waals surface area contributed by atoms with Crippen molar-refractivity contribution in [3.63, 3.8) is 0 Å². The van der Waals surface area contributed by atoms with Crippen LogP contribution in [0.3, 0.4) is 0 Å². The number of hydrogen-bond acceptors (Lipinski definition) is 4. The van der Waals surface area contributed by atoms with E-state index in [0.717, 1.165) is 0 Å². The van der Waals surface area contributed by atoms with Crippen molar-refractivity contribution in [1.29, 1.82) is 0 Å². The average Bonchev–Trinajstić information content (AvgIpc) is 3.00. The average molecular weight is 337 g/mol. The molecule has 0 aliphatic carbocycles. The Hall–Kier alpha value is -2.48. The molecule has 0 bridgehead atoms. The maximum atomic E-state index is 12.5. The molecule has 0 spiro atoms. The van der Waals surface area contributed by atoms with Crippen molar-refractivity contribution in [3.05, 3.63) is 47.8 Å². The number of carbonyl (C=O) groups excluding carboxylic acids is 1. The van der Waals surface area contributed by atoms with Crippen LogP contribution in [0.25, 0.3) is 0 Å². The van der Waals surface area contributed by atoms with Crippen molar-refractivity contribution in [2.45, 2.75) is 12.7 Å². The summed E-state index contributed by atoms with van der Waals surface area (Å²) in [5.74, 6) is -0.0572. The summed E-state index contributed by atoms with van der Waals surface area (Å²) >= 11 is 0. The molecule has 1 saturated heterocycles. The van der Waals surface area contributed by atoms with E-state index in [1.165, 1.54) is 18.3 Å². The molecule has 6 nitrogen and oxygen atoms in total. The van der Waals surface area contributed by atoms with E-state index in [9.17, 15) is 13.6 Å². The summed E-state index contributed by atoms with van der Waals surface area (Å²) in [4.78, 5) is 14.2. The Morgan fingerprint density at radius 1 is 1.46 bits per heavy atom. The lowest BCUT2D eigenvalue weighted by atomic mass is 10.1. The number of morpholine rings is 1. The molecule has 1 amide bonds. The number of benzene rings is 1. The molecule has 0 saturated carbocycles. The Morgan fingerprint density at radius 2 is 2.29 bits per heavy atom. The Morgan fingerprint density at radius 3 is 3.00 bits per heavy atom. The molecule has 1 fully saturated rings. The number of halogens is 2. The zero-order chi connectivity index (χ0) is 17.1. The number of ether oxygens (including phenoxy) is 2. The lowest BCUT2D eigenvalue weighted by Gasteiger charge is -2.33. The number of nitrogens with zero attached hydrogens (tertiary/aromatic N) is 3. The minimum atomic E-state index is -2.88. The van der Waals surface area contributed by atoms with Gasteiger partial charge in [0.25, 0.3) is 5.91 Å². The first-order valence-corrected chi connectivity index (χ1v) is 7.47. The van der Waals surface area contributed by atoms with Gasteiger partial charge in [-0.1, -0.05) is 12.1 Å². The first-order valence-electron chi connectivity index (χ1n) is 7.47. The third kappa shape index (κ3) is 3.70. The second-order valence-corrected chi connectivity index (χ2v) is 5.46. The van der Waals surface area contributed by atoms with Crippen molar-refractivity contribution in [2.24, 2.45) is 7.05 Å². The molecular formula is C16H17F2N3O3. The first kappa shape index (κ1) is 16.4. The summed E-state index contributed by atoms with van der Waals surface area (Å²) in [5.41, 5.74) is 1.20. The van der Waals surface area contributed by atoms with E-state index in [-0.39, 0.29) is 17.8 Å². The summed E-state index contributed by atoms with van der Waals surface area (Å²) < 4.78 is 36.3. The number of alkyl halides is 2. The Kier molecular flexibility index (Phi) is 4.75. The molecule has 128 valence electrons. The number of hydrogen-bond donors (Lipinski definition) is 0. The fourth-order valence-electron chi connectivity index (χ4n) is 2.64. The van der Waals surface area contributed by atoms with Crippen LogP contribution in [-0.2, 0) is 11.8 Å². The number of rotatable bonds is 4. The minimum Gasteiger partial charge on any atom is -0.435 e. The van der Waals surface area contributed by atoms with Crippen LogP contribution in [0.4, 0.5) is 8.78 Å². The van der Waals surface area contributed by atoms with Gasteiger partial charge in [-0.2, -0.15) is 13.9 Å². The van der Waals surface area contributed by atoms with Crippen molar-refractivity contribution in [3.8, 4) is 5.75 Å². The highest BCUT2D eigenvalue weighted by molar-refractivity contribution is 5.93. The molecule has 1 aliphatic heterocycles. The van der Waals surface area contributed by atoms with Crippen molar-refractivity contribution < 1.29 is 23.0 Å². The van der Waals surface area contributed by atoms with E-state index >= 15 is 0 Å². The van der Waals surface area contributed by atoms with Crippen LogP contribution < -0.4 is 4.74 Å². The quantitative estimate of drug-likeness (QED) is 0.859. The van der Waals surface area contributed by atoms with Crippen molar-refractivity contribution in [2.75, 3.05) is 19.7 Å². The molecule has 0 N–H and O–H groups in total. The highest BCUT2D eigenvalue weighted by Crippen LogP contribution is 2.26. The SMILES string of the molecule is Cn1cc(C(=O)N2CCO[C@H](c3cccc(OC(F)F)c3)C2)cn1. The monoisotopic (exact) mass is 337 g/mol. The highest BCUT2D eigenvalue weighted by atomic mass is 19.3. The molecule has 2 aromatic rings. The summed E-state index contributed by atoms with van der Waals surface area (Å²) in [6.45, 7) is -1.70. The summed E-state index contributed by atoms with van der Waals surface area (Å²) in [5, 5.41) is 4.00. The summed E-state index contributed by atoms with van der Waals surface area (Å²) in [6, 6.07) is 6.35. The number of carbonyl (C=O) groups is 1. The minimum absolute atomic E-state index is 0.0711. The van der Waals surface area contributed by atoms with Crippen LogP contribution in [0, 0.1) is 0 Å². The molecule has 0 radical (unpaired) electrons. The highest BCUT2D eigenvalue weighted by Gasteiger charge is 2.27. The zero-order valence-electron chi connectivity index (χ0n) is 13.1. The second-order valence-electron chi connectivity index (χ2n) is 5.46. The third-order valence-electron chi connectivity index (χ3n) is 3.76. The summed E-state index contributed by atoms with van der Waals surface area (Å²) in [6.07, 6.45) is 2.79. The van der Waals surface area contributed by atoms with E-state index < -0.39 is 6.61 Å². The topological polar surface area (TPSA) is 56.6 Å². The predicted molar refractivity (Wildman–Crippen MR) is 80.9 cm³/mol. The maximum absolute atomic E-state index is 12.5. The van der Waals surface area contributed by atoms with Crippen molar-refractivity contribution in [1.82, 2.24) is 14.7 Å². The standard InChI is InChI=1S/C16H17F2N3O3/c1-20-9-12(8-19-20)15(22)21-5-6-23-14(10-21)11-3-2-4-13(7-11)24-16(17)18/h2-4,7-9,14,16H,5-6,10H2,1H3/t14-/m0/s1. The van der Waals surface area contributed by atoms with E-state index in [0.29, 0.717) is 30.8 Å². The van der Waals surface area contributed by atoms with Gasteiger partial charge in [-0.15, -0.1) is 0 Å². The van der Waals surface area contributed by atoms with E-state index in [1.807, 2.05) is 0 Å². The van der Waals surface area contributed by atoms with Crippen LogP contribution in [0.15, 0.2) is 36.7 Å². The van der Waals surface area contributed by atoms with Gasteiger partial charge in [0, 0.05) is 19.8 Å². The Bertz CT molecular complexity index is 720. The van der Waals surface area contributed by atoms with Gasteiger partial charge >= 0.3 is 6.61 Å². The molecule has 1 atom stereocenters. The van der Waals surface area contributed by atoms with Crippen LogP contribution in [-0.4, -0.2) is 46.9 Å². The Labute approximate surface area is 137 Å².